The largest absolute Gasteiger partial charge is 0.477 e. The maximum Gasteiger partial charge on any atom is 0.222 e. The summed E-state index contributed by atoms with van der Waals surface area (Å²) in [6.45, 7) is 9.26. The van der Waals surface area contributed by atoms with E-state index in [4.69, 9.17) is 14.8 Å². The molecule has 9 nitrogen and oxygen atoms in total. The summed E-state index contributed by atoms with van der Waals surface area (Å²) in [5, 5.41) is 8.38. The Morgan fingerprint density at radius 1 is 1.18 bits per heavy atom. The van der Waals surface area contributed by atoms with Crippen molar-refractivity contribution in [3.63, 3.8) is 0 Å². The Balaban J connectivity index is 1.65. The summed E-state index contributed by atoms with van der Waals surface area (Å²) in [7, 11) is 0. The van der Waals surface area contributed by atoms with Gasteiger partial charge < -0.3 is 10.1 Å². The van der Waals surface area contributed by atoms with Crippen molar-refractivity contribution in [1.82, 2.24) is 34.1 Å². The van der Waals surface area contributed by atoms with Crippen molar-refractivity contribution in [2.75, 3.05) is 11.9 Å². The SMILES string of the molecule is CCOc1ncccc1-c1cc(NCc2cncn3ccnc23)c2c(n1)c(C)nn2C(C)C. The van der Waals surface area contributed by atoms with Crippen LogP contribution in [0, 0.1) is 6.92 Å². The van der Waals surface area contributed by atoms with Crippen molar-refractivity contribution in [2.24, 2.45) is 0 Å². The summed E-state index contributed by atoms with van der Waals surface area (Å²) in [5.74, 6) is 0.568. The fourth-order valence-corrected chi connectivity index (χ4v) is 3.99. The zero-order valence-corrected chi connectivity index (χ0v) is 19.1. The van der Waals surface area contributed by atoms with E-state index in [2.05, 4.69) is 34.1 Å². The van der Waals surface area contributed by atoms with E-state index < -0.39 is 0 Å². The minimum atomic E-state index is 0.184. The van der Waals surface area contributed by atoms with E-state index in [1.54, 1.807) is 18.7 Å². The van der Waals surface area contributed by atoms with Crippen molar-refractivity contribution in [1.29, 1.82) is 0 Å². The predicted octanol–water partition coefficient (Wildman–Crippen LogP) is 4.44. The smallest absolute Gasteiger partial charge is 0.222 e. The van der Waals surface area contributed by atoms with Crippen LogP contribution in [0.25, 0.3) is 27.9 Å². The van der Waals surface area contributed by atoms with Gasteiger partial charge in [0.2, 0.25) is 5.88 Å². The number of hydrogen-bond acceptors (Lipinski definition) is 7. The molecule has 0 saturated carbocycles. The molecule has 0 unspecified atom stereocenters. The van der Waals surface area contributed by atoms with Crippen molar-refractivity contribution >= 4 is 22.4 Å². The van der Waals surface area contributed by atoms with Gasteiger partial charge in [0, 0.05) is 42.9 Å². The monoisotopic (exact) mass is 442 g/mol. The molecule has 0 bridgehead atoms. The molecule has 33 heavy (non-hydrogen) atoms. The number of nitrogens with zero attached hydrogens (tertiary/aromatic N) is 7. The third kappa shape index (κ3) is 3.75. The number of rotatable bonds is 7. The third-order valence-electron chi connectivity index (χ3n) is 5.49. The Morgan fingerprint density at radius 3 is 2.88 bits per heavy atom. The Bertz CT molecular complexity index is 1440. The first-order valence-electron chi connectivity index (χ1n) is 11.0. The average Bonchev–Trinajstić information content (AvgIpc) is 3.43. The van der Waals surface area contributed by atoms with Gasteiger partial charge in [-0.25, -0.2) is 19.9 Å². The summed E-state index contributed by atoms with van der Waals surface area (Å²) in [4.78, 5) is 18.2. The highest BCUT2D eigenvalue weighted by atomic mass is 16.5. The van der Waals surface area contributed by atoms with E-state index in [-0.39, 0.29) is 6.04 Å². The highest BCUT2D eigenvalue weighted by Gasteiger charge is 2.19. The Hall–Kier alpha value is -4.01. The van der Waals surface area contributed by atoms with Gasteiger partial charge in [0.1, 0.15) is 23.0 Å². The second-order valence-electron chi connectivity index (χ2n) is 8.10. The number of fused-ring (bicyclic) bond motifs is 2. The van der Waals surface area contributed by atoms with Crippen LogP contribution < -0.4 is 10.1 Å². The van der Waals surface area contributed by atoms with E-state index in [1.165, 1.54) is 0 Å². The number of imidazole rings is 1. The van der Waals surface area contributed by atoms with Gasteiger partial charge in [0.15, 0.2) is 0 Å². The quantitative estimate of drug-likeness (QED) is 0.398. The predicted molar refractivity (Wildman–Crippen MR) is 127 cm³/mol. The van der Waals surface area contributed by atoms with Crippen molar-refractivity contribution < 1.29 is 4.74 Å². The molecule has 5 aromatic heterocycles. The van der Waals surface area contributed by atoms with Gasteiger partial charge in [0.25, 0.3) is 0 Å². The molecular formula is C24H26N8O. The van der Waals surface area contributed by atoms with Gasteiger partial charge in [-0.2, -0.15) is 5.10 Å². The summed E-state index contributed by atoms with van der Waals surface area (Å²) in [6.07, 6.45) is 8.99. The number of aromatic nitrogens is 7. The first-order chi connectivity index (χ1) is 16.1. The molecule has 1 N–H and O–H groups in total. The number of anilines is 1. The number of pyridine rings is 2. The lowest BCUT2D eigenvalue weighted by Crippen LogP contribution is -2.08. The van der Waals surface area contributed by atoms with Gasteiger partial charge in [-0.05, 0) is 45.9 Å². The lowest BCUT2D eigenvalue weighted by Gasteiger charge is -2.15. The molecule has 0 aliphatic rings. The maximum absolute atomic E-state index is 5.77. The third-order valence-corrected chi connectivity index (χ3v) is 5.49. The molecule has 0 radical (unpaired) electrons. The van der Waals surface area contributed by atoms with Crippen molar-refractivity contribution in [3.05, 3.63) is 60.6 Å². The molecule has 168 valence electrons. The van der Waals surface area contributed by atoms with E-state index in [9.17, 15) is 0 Å². The highest BCUT2D eigenvalue weighted by molar-refractivity contribution is 5.93. The molecule has 5 aromatic rings. The number of nitrogens with one attached hydrogen (secondary N) is 1. The Morgan fingerprint density at radius 2 is 2.06 bits per heavy atom. The summed E-state index contributed by atoms with van der Waals surface area (Å²) in [6, 6.07) is 6.10. The van der Waals surface area contributed by atoms with Gasteiger partial charge >= 0.3 is 0 Å². The van der Waals surface area contributed by atoms with Crippen LogP contribution >= 0.6 is 0 Å². The first kappa shape index (κ1) is 20.9. The van der Waals surface area contributed by atoms with E-state index >= 15 is 0 Å². The summed E-state index contributed by atoms with van der Waals surface area (Å²) >= 11 is 0. The molecular weight excluding hydrogens is 416 g/mol. The topological polar surface area (TPSA) is 95.1 Å². The number of aryl methyl sites for hydroxylation is 1. The molecule has 0 spiro atoms. The molecule has 9 heteroatoms. The molecule has 0 saturated heterocycles. The average molecular weight is 443 g/mol. The first-order valence-corrected chi connectivity index (χ1v) is 11.0. The maximum atomic E-state index is 5.77. The standard InChI is InChI=1S/C24H26N8O/c1-5-33-24-18(7-6-8-27-24)19-11-20(22-21(29-19)16(4)30-32(22)15(2)3)28-13-17-12-25-14-31-10-9-26-23(17)31/h6-12,14-15H,5,13H2,1-4H3,(H,28,29). The second-order valence-corrected chi connectivity index (χ2v) is 8.10. The molecule has 0 aliphatic heterocycles. The lowest BCUT2D eigenvalue weighted by atomic mass is 10.1. The molecule has 0 aliphatic carbocycles. The van der Waals surface area contributed by atoms with Gasteiger partial charge in [-0.3, -0.25) is 9.08 Å². The molecule has 0 atom stereocenters. The number of ether oxygens (including phenoxy) is 1. The summed E-state index contributed by atoms with van der Waals surface area (Å²) in [5.41, 5.74) is 7.14. The molecule has 5 rings (SSSR count). The zero-order valence-electron chi connectivity index (χ0n) is 19.1. The molecule has 5 heterocycles. The normalized spacial score (nSPS) is 11.5. The minimum Gasteiger partial charge on any atom is -0.477 e. The Kier molecular flexibility index (Phi) is 5.37. The Labute approximate surface area is 191 Å². The van der Waals surface area contributed by atoms with Crippen LogP contribution in [0.3, 0.4) is 0 Å². The van der Waals surface area contributed by atoms with Crippen LogP contribution in [0.15, 0.2) is 49.3 Å². The fraction of sp³-hybridized carbons (Fsp3) is 0.292. The number of hydrogen-bond donors (Lipinski definition) is 1. The zero-order chi connectivity index (χ0) is 22.9. The summed E-state index contributed by atoms with van der Waals surface area (Å²) < 4.78 is 9.71. The van der Waals surface area contributed by atoms with Crippen molar-refractivity contribution in [3.8, 4) is 17.1 Å². The van der Waals surface area contributed by atoms with E-state index in [1.807, 2.05) is 53.5 Å². The van der Waals surface area contributed by atoms with Gasteiger partial charge in [-0.1, -0.05) is 0 Å². The van der Waals surface area contributed by atoms with Crippen LogP contribution in [-0.2, 0) is 6.54 Å². The fourth-order valence-electron chi connectivity index (χ4n) is 3.99. The van der Waals surface area contributed by atoms with E-state index in [0.717, 1.165) is 44.9 Å². The van der Waals surface area contributed by atoms with Gasteiger partial charge in [0.05, 0.1) is 29.2 Å². The highest BCUT2D eigenvalue weighted by Crippen LogP contribution is 2.34. The molecule has 0 fully saturated rings. The molecule has 0 aromatic carbocycles. The second kappa shape index (κ2) is 8.50. The molecule has 0 amide bonds. The lowest BCUT2D eigenvalue weighted by molar-refractivity contribution is 0.328. The van der Waals surface area contributed by atoms with Crippen LogP contribution in [0.4, 0.5) is 5.69 Å². The van der Waals surface area contributed by atoms with E-state index in [0.29, 0.717) is 19.0 Å². The van der Waals surface area contributed by atoms with Crippen LogP contribution in [0.2, 0.25) is 0 Å². The minimum absolute atomic E-state index is 0.184. The van der Waals surface area contributed by atoms with Crippen LogP contribution in [-0.4, -0.2) is 40.7 Å². The van der Waals surface area contributed by atoms with Crippen LogP contribution in [0.5, 0.6) is 5.88 Å². The van der Waals surface area contributed by atoms with Crippen molar-refractivity contribution in [2.45, 2.75) is 40.3 Å². The van der Waals surface area contributed by atoms with Gasteiger partial charge in [-0.15, -0.1) is 0 Å². The van der Waals surface area contributed by atoms with Crippen LogP contribution in [0.1, 0.15) is 38.1 Å².